The minimum Gasteiger partial charge on any atom is -0.399 e. The number of hydrogen-bond acceptors (Lipinski definition) is 3. The van der Waals surface area contributed by atoms with Gasteiger partial charge in [0.2, 0.25) is 0 Å². The molecule has 6 heteroatoms. The first kappa shape index (κ1) is 16.6. The van der Waals surface area contributed by atoms with Crippen molar-refractivity contribution < 1.29 is 13.7 Å². The van der Waals surface area contributed by atoms with E-state index in [9.17, 15) is 4.39 Å². The smallest absolute Gasteiger partial charge is 0.399 e. The molecule has 0 spiro atoms. The molecule has 0 bridgehead atoms. The summed E-state index contributed by atoms with van der Waals surface area (Å²) in [7, 11) is 1.39. The molecule has 2 aliphatic heterocycles. The van der Waals surface area contributed by atoms with Gasteiger partial charge in [-0.15, -0.1) is 12.4 Å². The third kappa shape index (κ3) is 2.56. The molecule has 0 aromatic heterocycles. The number of likely N-dealkylation sites (N-methyl/N-ethyl adjacent to an activating group) is 1. The number of nitrogens with zero attached hydrogens (tertiary/aromatic N) is 1. The largest absolute Gasteiger partial charge is 0.497 e. The molecule has 0 saturated carbocycles. The van der Waals surface area contributed by atoms with Gasteiger partial charge in [-0.2, -0.15) is 0 Å². The molecule has 21 heavy (non-hydrogen) atoms. The molecule has 1 aromatic rings. The predicted molar refractivity (Wildman–Crippen MR) is 86.3 cm³/mol. The summed E-state index contributed by atoms with van der Waals surface area (Å²) in [5.74, 6) is -0.238. The summed E-state index contributed by atoms with van der Waals surface area (Å²) in [6.45, 7) is 8.84. The van der Waals surface area contributed by atoms with Crippen LogP contribution in [0, 0.1) is 5.82 Å². The Morgan fingerprint density at radius 3 is 2.29 bits per heavy atom. The van der Waals surface area contributed by atoms with Gasteiger partial charge < -0.3 is 14.2 Å². The molecule has 1 aromatic carbocycles. The number of benzene rings is 1. The lowest BCUT2D eigenvalue weighted by molar-refractivity contribution is 0.00578. The van der Waals surface area contributed by atoms with Gasteiger partial charge in [0.1, 0.15) is 5.82 Å². The number of hydrogen-bond donors (Lipinski definition) is 0. The summed E-state index contributed by atoms with van der Waals surface area (Å²) >= 11 is 0. The van der Waals surface area contributed by atoms with Gasteiger partial charge in [0.25, 0.3) is 0 Å². The molecule has 1 saturated heterocycles. The second-order valence-electron chi connectivity index (χ2n) is 6.76. The maximum atomic E-state index is 14.3. The molecule has 0 atom stereocenters. The third-order valence-corrected chi connectivity index (χ3v) is 4.83. The van der Waals surface area contributed by atoms with E-state index in [1.54, 1.807) is 6.07 Å². The van der Waals surface area contributed by atoms with E-state index in [4.69, 9.17) is 9.31 Å². The first-order chi connectivity index (χ1) is 9.21. The fourth-order valence-corrected chi connectivity index (χ4v) is 2.73. The Bertz CT molecular complexity index is 549. The summed E-state index contributed by atoms with van der Waals surface area (Å²) in [5, 5.41) is 0. The van der Waals surface area contributed by atoms with Crippen molar-refractivity contribution >= 4 is 30.7 Å². The maximum absolute atomic E-state index is 14.3. The van der Waals surface area contributed by atoms with Gasteiger partial charge in [0, 0.05) is 24.7 Å². The zero-order valence-electron chi connectivity index (χ0n) is 13.2. The molecule has 0 radical (unpaired) electrons. The summed E-state index contributed by atoms with van der Waals surface area (Å²) < 4.78 is 26.2. The fraction of sp³-hybridized carbons (Fsp3) is 0.600. The SMILES string of the molecule is CN1CCc2cc(F)c(B3OC(C)(C)C(C)(C)O3)cc21.Cl. The van der Waals surface area contributed by atoms with Crippen LogP contribution < -0.4 is 10.4 Å². The van der Waals surface area contributed by atoms with E-state index in [0.29, 0.717) is 5.46 Å². The van der Waals surface area contributed by atoms with E-state index in [1.807, 2.05) is 40.8 Å². The topological polar surface area (TPSA) is 21.7 Å². The van der Waals surface area contributed by atoms with Gasteiger partial charge in [0.05, 0.1) is 11.2 Å². The van der Waals surface area contributed by atoms with Crippen LogP contribution in [0.5, 0.6) is 0 Å². The van der Waals surface area contributed by atoms with Gasteiger partial charge in [-0.1, -0.05) is 0 Å². The molecule has 116 valence electrons. The second-order valence-corrected chi connectivity index (χ2v) is 6.76. The number of anilines is 1. The Morgan fingerprint density at radius 1 is 1.14 bits per heavy atom. The van der Waals surface area contributed by atoms with Crippen LogP contribution in [-0.4, -0.2) is 31.9 Å². The van der Waals surface area contributed by atoms with Gasteiger partial charge in [-0.3, -0.25) is 0 Å². The molecule has 3 rings (SSSR count). The van der Waals surface area contributed by atoms with Crippen LogP contribution in [0.3, 0.4) is 0 Å². The lowest BCUT2D eigenvalue weighted by Gasteiger charge is -2.32. The van der Waals surface area contributed by atoms with Gasteiger partial charge >= 0.3 is 7.12 Å². The molecule has 0 aliphatic carbocycles. The standard InChI is InChI=1S/C15H21BFNO2.ClH/c1-14(2)15(3,4)20-16(19-14)11-9-13-10(8-12(11)17)6-7-18(13)5;/h8-9H,6-7H2,1-5H3;1H. The zero-order valence-corrected chi connectivity index (χ0v) is 14.0. The Labute approximate surface area is 132 Å². The Morgan fingerprint density at radius 2 is 1.71 bits per heavy atom. The van der Waals surface area contributed by atoms with Crippen molar-refractivity contribution in [3.63, 3.8) is 0 Å². The molecular formula is C15H22BClFNO2. The number of halogens is 2. The molecule has 0 unspecified atom stereocenters. The van der Waals surface area contributed by atoms with E-state index in [2.05, 4.69) is 4.90 Å². The van der Waals surface area contributed by atoms with Crippen molar-refractivity contribution in [2.24, 2.45) is 0 Å². The minimum absolute atomic E-state index is 0. The van der Waals surface area contributed by atoms with Crippen LogP contribution in [-0.2, 0) is 15.7 Å². The van der Waals surface area contributed by atoms with Gasteiger partial charge in [0.15, 0.2) is 0 Å². The van der Waals surface area contributed by atoms with E-state index in [1.165, 1.54) is 0 Å². The molecule has 1 fully saturated rings. The van der Waals surface area contributed by atoms with Crippen molar-refractivity contribution in [3.05, 3.63) is 23.5 Å². The average molecular weight is 314 g/mol. The lowest BCUT2D eigenvalue weighted by atomic mass is 9.78. The van der Waals surface area contributed by atoms with E-state index in [0.717, 1.165) is 24.2 Å². The summed E-state index contributed by atoms with van der Waals surface area (Å²) in [6, 6.07) is 3.50. The van der Waals surface area contributed by atoms with Crippen molar-refractivity contribution in [3.8, 4) is 0 Å². The third-order valence-electron chi connectivity index (χ3n) is 4.83. The highest BCUT2D eigenvalue weighted by molar-refractivity contribution is 6.62. The van der Waals surface area contributed by atoms with Crippen molar-refractivity contribution in [2.75, 3.05) is 18.5 Å². The Balaban J connectivity index is 0.00000161. The highest BCUT2D eigenvalue weighted by Gasteiger charge is 2.52. The van der Waals surface area contributed by atoms with Crippen molar-refractivity contribution in [1.82, 2.24) is 0 Å². The summed E-state index contributed by atoms with van der Waals surface area (Å²) in [6.07, 6.45) is 0.895. The molecular weight excluding hydrogens is 291 g/mol. The first-order valence-corrected chi connectivity index (χ1v) is 7.10. The van der Waals surface area contributed by atoms with Crippen LogP contribution in [0.25, 0.3) is 0 Å². The van der Waals surface area contributed by atoms with Crippen LogP contribution in [0.4, 0.5) is 10.1 Å². The van der Waals surface area contributed by atoms with Crippen LogP contribution >= 0.6 is 12.4 Å². The second kappa shape index (κ2) is 5.15. The fourth-order valence-electron chi connectivity index (χ4n) is 2.73. The van der Waals surface area contributed by atoms with E-state index >= 15 is 0 Å². The quantitative estimate of drug-likeness (QED) is 0.744. The van der Waals surface area contributed by atoms with Crippen molar-refractivity contribution in [1.29, 1.82) is 0 Å². The van der Waals surface area contributed by atoms with Gasteiger partial charge in [-0.25, -0.2) is 4.39 Å². The predicted octanol–water partition coefficient (Wildman–Crippen LogP) is 2.54. The average Bonchev–Trinajstić information content (AvgIpc) is 2.77. The summed E-state index contributed by atoms with van der Waals surface area (Å²) in [5.41, 5.74) is 1.74. The van der Waals surface area contributed by atoms with Crippen LogP contribution in [0.1, 0.15) is 33.3 Å². The molecule has 2 heterocycles. The highest BCUT2D eigenvalue weighted by Crippen LogP contribution is 2.37. The minimum atomic E-state index is -0.640. The first-order valence-electron chi connectivity index (χ1n) is 7.10. The monoisotopic (exact) mass is 313 g/mol. The molecule has 3 nitrogen and oxygen atoms in total. The van der Waals surface area contributed by atoms with E-state index < -0.39 is 18.3 Å². The normalized spacial score (nSPS) is 22.2. The molecule has 0 N–H and O–H groups in total. The van der Waals surface area contributed by atoms with Crippen LogP contribution in [0.15, 0.2) is 12.1 Å². The highest BCUT2D eigenvalue weighted by atomic mass is 35.5. The molecule has 2 aliphatic rings. The number of rotatable bonds is 1. The van der Waals surface area contributed by atoms with E-state index in [-0.39, 0.29) is 18.2 Å². The maximum Gasteiger partial charge on any atom is 0.497 e. The Hall–Kier alpha value is -0.775. The summed E-state index contributed by atoms with van der Waals surface area (Å²) in [4.78, 5) is 2.14. The molecule has 0 amide bonds. The van der Waals surface area contributed by atoms with Crippen molar-refractivity contribution in [2.45, 2.75) is 45.3 Å². The lowest BCUT2D eigenvalue weighted by Crippen LogP contribution is -2.41. The number of fused-ring (bicyclic) bond motifs is 1. The zero-order chi connectivity index (χ0) is 14.7. The van der Waals surface area contributed by atoms with Gasteiger partial charge in [-0.05, 0) is 51.8 Å². The van der Waals surface area contributed by atoms with Crippen LogP contribution in [0.2, 0.25) is 0 Å². The Kier molecular flexibility index (Phi) is 4.07.